The highest BCUT2D eigenvalue weighted by atomic mass is 19.4. The van der Waals surface area contributed by atoms with Crippen molar-refractivity contribution >= 4 is 12.1 Å². The molecule has 5 rings (SSSR count). The number of nitrogens with zero attached hydrogens (tertiary/aromatic N) is 2. The van der Waals surface area contributed by atoms with Crippen molar-refractivity contribution in [2.45, 2.75) is 69.1 Å². The van der Waals surface area contributed by atoms with Crippen molar-refractivity contribution in [1.82, 2.24) is 10.2 Å². The first-order valence-electron chi connectivity index (χ1n) is 11.8. The summed E-state index contributed by atoms with van der Waals surface area (Å²) in [4.78, 5) is 19.9. The largest absolute Gasteiger partial charge is 0.417 e. The number of aliphatic imine (C=N–C) groups is 1. The molecule has 1 amide bonds. The zero-order valence-electron chi connectivity index (χ0n) is 19.3. The summed E-state index contributed by atoms with van der Waals surface area (Å²) in [5, 5.41) is 3.65. The maximum Gasteiger partial charge on any atom is 0.417 e. The number of ether oxygens (including phenoxy) is 2. The average molecular weight is 468 g/mol. The van der Waals surface area contributed by atoms with Crippen LogP contribution in [0.15, 0.2) is 28.8 Å². The van der Waals surface area contributed by atoms with Crippen LogP contribution in [0.2, 0.25) is 0 Å². The molecule has 33 heavy (non-hydrogen) atoms. The Kier molecular flexibility index (Phi) is 5.53. The first kappa shape index (κ1) is 23.1. The van der Waals surface area contributed by atoms with Gasteiger partial charge in [0.05, 0.1) is 29.2 Å². The van der Waals surface area contributed by atoms with Gasteiger partial charge in [-0.05, 0) is 32.1 Å². The third kappa shape index (κ3) is 3.67. The molecule has 3 fully saturated rings. The van der Waals surface area contributed by atoms with Gasteiger partial charge in [-0.3, -0.25) is 9.79 Å². The van der Waals surface area contributed by atoms with E-state index in [1.807, 2.05) is 17.9 Å². The summed E-state index contributed by atoms with van der Waals surface area (Å²) < 4.78 is 50.9. The molecule has 0 aromatic rings. The summed E-state index contributed by atoms with van der Waals surface area (Å²) in [7, 11) is 1.68. The zero-order valence-corrected chi connectivity index (χ0v) is 19.3. The molecule has 1 N–H and O–H groups in total. The Balaban J connectivity index is 1.34. The summed E-state index contributed by atoms with van der Waals surface area (Å²) in [5.74, 6) is -0.345. The summed E-state index contributed by atoms with van der Waals surface area (Å²) >= 11 is 0. The normalized spacial score (nSPS) is 44.8. The predicted octanol–water partition coefficient (Wildman–Crippen LogP) is 2.89. The Morgan fingerprint density at radius 2 is 2.12 bits per heavy atom. The topological polar surface area (TPSA) is 63.2 Å². The molecular formula is C24H32F3N3O3. The number of dihydropyridines is 1. The number of methoxy groups -OCH3 is 1. The van der Waals surface area contributed by atoms with Crippen LogP contribution in [0.1, 0.15) is 33.1 Å². The van der Waals surface area contributed by atoms with Gasteiger partial charge in [0.1, 0.15) is 0 Å². The van der Waals surface area contributed by atoms with E-state index in [2.05, 4.69) is 23.3 Å². The summed E-state index contributed by atoms with van der Waals surface area (Å²) in [6, 6.07) is 0.172. The zero-order chi connectivity index (χ0) is 23.6. The smallest absolute Gasteiger partial charge is 0.379 e. The van der Waals surface area contributed by atoms with Crippen LogP contribution in [0.4, 0.5) is 13.2 Å². The van der Waals surface area contributed by atoms with E-state index in [0.717, 1.165) is 12.6 Å². The van der Waals surface area contributed by atoms with Gasteiger partial charge in [0, 0.05) is 50.5 Å². The molecule has 0 aromatic heterocycles. The van der Waals surface area contributed by atoms with E-state index in [0.29, 0.717) is 26.1 Å². The minimum absolute atomic E-state index is 0.0257. The van der Waals surface area contributed by atoms with Crippen LogP contribution in [-0.2, 0) is 14.3 Å². The standard InChI is InChI=1S/C24H32F3N3O3/c1-14-19-10-22(2)16(8-15(11-28-22)24(25,26)27)12-30(19)21(31)23(14)6-4-17(9-23)29-18-5-7-33-13-20(18)32-3/h4,6,8,11,14,16-20,29H,5,7,9-10,12-13H2,1-3H3/t14?,16?,17-,18+,19?,20-,22?,23+/m1/s1. The number of hydrogen-bond acceptors (Lipinski definition) is 5. The quantitative estimate of drug-likeness (QED) is 0.649. The molecule has 4 heterocycles. The third-order valence-corrected chi connectivity index (χ3v) is 8.69. The Morgan fingerprint density at radius 3 is 2.85 bits per heavy atom. The van der Waals surface area contributed by atoms with Crippen LogP contribution in [0.3, 0.4) is 0 Å². The maximum absolute atomic E-state index is 13.7. The number of amides is 1. The van der Waals surface area contributed by atoms with Gasteiger partial charge in [0.15, 0.2) is 0 Å². The Bertz CT molecular complexity index is 903. The second-order valence-electron chi connectivity index (χ2n) is 10.5. The van der Waals surface area contributed by atoms with Crippen LogP contribution < -0.4 is 5.32 Å². The van der Waals surface area contributed by atoms with E-state index in [4.69, 9.17) is 9.47 Å². The molecule has 1 aliphatic carbocycles. The Hall–Kier alpha value is -1.71. The van der Waals surface area contributed by atoms with Gasteiger partial charge in [-0.2, -0.15) is 13.2 Å². The molecule has 182 valence electrons. The molecule has 6 nitrogen and oxygen atoms in total. The molecule has 9 heteroatoms. The first-order chi connectivity index (χ1) is 15.6. The number of alkyl halides is 3. The van der Waals surface area contributed by atoms with Crippen LogP contribution in [-0.4, -0.2) is 79.8 Å². The first-order valence-corrected chi connectivity index (χ1v) is 11.8. The van der Waals surface area contributed by atoms with Crippen LogP contribution in [0.25, 0.3) is 0 Å². The van der Waals surface area contributed by atoms with E-state index in [9.17, 15) is 18.0 Å². The van der Waals surface area contributed by atoms with Crippen molar-refractivity contribution in [3.63, 3.8) is 0 Å². The van der Waals surface area contributed by atoms with Crippen molar-refractivity contribution in [1.29, 1.82) is 0 Å². The van der Waals surface area contributed by atoms with Gasteiger partial charge in [0.25, 0.3) is 0 Å². The summed E-state index contributed by atoms with van der Waals surface area (Å²) in [5.41, 5.74) is -1.96. The van der Waals surface area contributed by atoms with Gasteiger partial charge in [-0.15, -0.1) is 0 Å². The number of piperidine rings is 1. The molecular weight excluding hydrogens is 435 g/mol. The fourth-order valence-corrected chi connectivity index (χ4v) is 6.55. The highest BCUT2D eigenvalue weighted by molar-refractivity contribution is 5.89. The lowest BCUT2D eigenvalue weighted by atomic mass is 9.69. The molecule has 0 bridgehead atoms. The SMILES string of the molecule is CO[C@@H]1COCC[C@@H]1N[C@@H]1C=C[C@@]2(C1)C(=O)N1CC3C=C(C(F)(F)F)C=NC3(C)CC1C2C. The van der Waals surface area contributed by atoms with Crippen molar-refractivity contribution in [2.75, 3.05) is 26.9 Å². The van der Waals surface area contributed by atoms with Crippen molar-refractivity contribution < 1.29 is 27.4 Å². The van der Waals surface area contributed by atoms with Gasteiger partial charge in [-0.1, -0.05) is 25.2 Å². The Labute approximate surface area is 192 Å². The maximum atomic E-state index is 13.7. The minimum atomic E-state index is -4.43. The number of nitrogens with one attached hydrogen (secondary N) is 1. The number of carbonyl (C=O) groups is 1. The number of carbonyl (C=O) groups excluding carboxylic acids is 1. The van der Waals surface area contributed by atoms with E-state index in [1.165, 1.54) is 6.08 Å². The van der Waals surface area contributed by atoms with E-state index < -0.39 is 28.6 Å². The average Bonchev–Trinajstić information content (AvgIpc) is 3.28. The second kappa shape index (κ2) is 7.92. The van der Waals surface area contributed by atoms with Gasteiger partial charge >= 0.3 is 6.18 Å². The van der Waals surface area contributed by atoms with Crippen LogP contribution in [0, 0.1) is 17.3 Å². The fraction of sp³-hybridized carbons (Fsp3) is 0.750. The molecule has 5 aliphatic rings. The molecule has 4 unspecified atom stereocenters. The van der Waals surface area contributed by atoms with Crippen molar-refractivity contribution in [3.8, 4) is 0 Å². The lowest BCUT2D eigenvalue weighted by Crippen LogP contribution is -2.54. The lowest BCUT2D eigenvalue weighted by Gasteiger charge is -2.47. The van der Waals surface area contributed by atoms with E-state index >= 15 is 0 Å². The number of rotatable bonds is 3. The van der Waals surface area contributed by atoms with Crippen LogP contribution in [0.5, 0.6) is 0 Å². The number of allylic oxidation sites excluding steroid dienone is 1. The highest BCUT2D eigenvalue weighted by Crippen LogP contribution is 2.54. The summed E-state index contributed by atoms with van der Waals surface area (Å²) in [6.07, 6.45) is 4.00. The van der Waals surface area contributed by atoms with Gasteiger partial charge in [0.2, 0.25) is 5.91 Å². The number of hydrogen-bond donors (Lipinski definition) is 1. The predicted molar refractivity (Wildman–Crippen MR) is 117 cm³/mol. The third-order valence-electron chi connectivity index (χ3n) is 8.69. The number of halogens is 3. The molecule has 8 atom stereocenters. The molecule has 1 spiro atoms. The van der Waals surface area contributed by atoms with Gasteiger partial charge in [-0.25, -0.2) is 0 Å². The van der Waals surface area contributed by atoms with Crippen molar-refractivity contribution in [2.24, 2.45) is 22.2 Å². The highest BCUT2D eigenvalue weighted by Gasteiger charge is 2.62. The van der Waals surface area contributed by atoms with E-state index in [1.54, 1.807) is 7.11 Å². The number of fused-ring (bicyclic) bond motifs is 2. The fourth-order valence-electron chi connectivity index (χ4n) is 6.55. The Morgan fingerprint density at radius 1 is 1.33 bits per heavy atom. The lowest BCUT2D eigenvalue weighted by molar-refractivity contribution is -0.137. The molecule has 3 saturated heterocycles. The molecule has 4 aliphatic heterocycles. The van der Waals surface area contributed by atoms with Crippen molar-refractivity contribution in [3.05, 3.63) is 23.8 Å². The van der Waals surface area contributed by atoms with E-state index in [-0.39, 0.29) is 42.6 Å². The minimum Gasteiger partial charge on any atom is -0.379 e. The molecule has 0 saturated carbocycles. The summed E-state index contributed by atoms with van der Waals surface area (Å²) in [6.45, 7) is 5.53. The monoisotopic (exact) mass is 467 g/mol. The second-order valence-corrected chi connectivity index (χ2v) is 10.5. The van der Waals surface area contributed by atoms with Crippen LogP contribution >= 0.6 is 0 Å². The molecule has 0 radical (unpaired) electrons. The van der Waals surface area contributed by atoms with Gasteiger partial charge < -0.3 is 19.7 Å². The molecule has 0 aromatic carbocycles.